The average molecular weight is 403 g/mol. The minimum Gasteiger partial charge on any atom is -0.465 e. The van der Waals surface area contributed by atoms with Crippen LogP contribution in [0.1, 0.15) is 27.6 Å². The minimum absolute atomic E-state index is 0.0286. The van der Waals surface area contributed by atoms with Crippen LogP contribution in [0.3, 0.4) is 0 Å². The summed E-state index contributed by atoms with van der Waals surface area (Å²) >= 11 is 0. The fourth-order valence-electron chi connectivity index (χ4n) is 2.51. The van der Waals surface area contributed by atoms with Crippen molar-refractivity contribution < 1.29 is 27.5 Å². The quantitative estimate of drug-likeness (QED) is 0.627. The molecule has 9 nitrogen and oxygen atoms in total. The van der Waals surface area contributed by atoms with E-state index in [1.165, 1.54) is 60.4 Å². The number of ether oxygens (including phenoxy) is 2. The highest BCUT2D eigenvalue weighted by molar-refractivity contribution is 7.92. The van der Waals surface area contributed by atoms with Crippen LogP contribution in [-0.2, 0) is 19.5 Å². The van der Waals surface area contributed by atoms with E-state index in [1.54, 1.807) is 6.92 Å². The van der Waals surface area contributed by atoms with Gasteiger partial charge in [-0.1, -0.05) is 0 Å². The zero-order valence-corrected chi connectivity index (χ0v) is 15.9. The first-order valence-electron chi connectivity index (χ1n) is 8.21. The van der Waals surface area contributed by atoms with E-state index in [0.29, 0.717) is 5.52 Å². The number of anilines is 1. The van der Waals surface area contributed by atoms with Crippen molar-refractivity contribution in [2.24, 2.45) is 0 Å². The van der Waals surface area contributed by atoms with Gasteiger partial charge in [0.2, 0.25) is 0 Å². The van der Waals surface area contributed by atoms with Crippen LogP contribution < -0.4 is 4.72 Å². The van der Waals surface area contributed by atoms with E-state index in [-0.39, 0.29) is 28.3 Å². The number of aromatic nitrogens is 2. The highest BCUT2D eigenvalue weighted by Gasteiger charge is 2.18. The van der Waals surface area contributed by atoms with Gasteiger partial charge in [-0.05, 0) is 43.3 Å². The average Bonchev–Trinajstić information content (AvgIpc) is 3.10. The van der Waals surface area contributed by atoms with Gasteiger partial charge < -0.3 is 9.47 Å². The summed E-state index contributed by atoms with van der Waals surface area (Å²) in [4.78, 5) is 23.4. The molecule has 146 valence electrons. The first-order valence-corrected chi connectivity index (χ1v) is 9.69. The summed E-state index contributed by atoms with van der Waals surface area (Å²) in [5.74, 6) is -1.11. The Bertz CT molecular complexity index is 1140. The molecule has 2 heterocycles. The number of hydrogen-bond donors (Lipinski definition) is 1. The third-order valence-electron chi connectivity index (χ3n) is 3.85. The zero-order valence-electron chi connectivity index (χ0n) is 15.1. The Morgan fingerprint density at radius 2 is 1.86 bits per heavy atom. The fraction of sp³-hybridized carbons (Fsp3) is 0.167. The third-order valence-corrected chi connectivity index (χ3v) is 5.25. The van der Waals surface area contributed by atoms with Crippen LogP contribution in [0.15, 0.2) is 53.7 Å². The molecule has 0 aliphatic heterocycles. The van der Waals surface area contributed by atoms with Gasteiger partial charge >= 0.3 is 11.9 Å². The van der Waals surface area contributed by atoms with Crippen LogP contribution in [0.25, 0.3) is 5.52 Å². The van der Waals surface area contributed by atoms with Crippen molar-refractivity contribution in [3.8, 4) is 0 Å². The van der Waals surface area contributed by atoms with Crippen molar-refractivity contribution in [2.75, 3.05) is 18.4 Å². The molecule has 0 aliphatic carbocycles. The Kier molecular flexibility index (Phi) is 5.32. The Morgan fingerprint density at radius 1 is 1.14 bits per heavy atom. The van der Waals surface area contributed by atoms with Gasteiger partial charge in [0.25, 0.3) is 10.0 Å². The zero-order chi connectivity index (χ0) is 20.3. The predicted octanol–water partition coefficient (Wildman–Crippen LogP) is 2.10. The number of benzene rings is 1. The largest absolute Gasteiger partial charge is 0.465 e. The molecule has 0 spiro atoms. The lowest BCUT2D eigenvalue weighted by atomic mass is 10.2. The van der Waals surface area contributed by atoms with Crippen molar-refractivity contribution in [1.82, 2.24) is 9.61 Å². The summed E-state index contributed by atoms with van der Waals surface area (Å²) in [7, 11) is -2.66. The summed E-state index contributed by atoms with van der Waals surface area (Å²) in [6.45, 7) is 1.90. The normalized spacial score (nSPS) is 11.2. The van der Waals surface area contributed by atoms with Crippen molar-refractivity contribution in [3.63, 3.8) is 0 Å². The van der Waals surface area contributed by atoms with Crippen molar-refractivity contribution in [2.45, 2.75) is 11.8 Å². The number of rotatable bonds is 6. The van der Waals surface area contributed by atoms with E-state index in [0.717, 1.165) is 0 Å². The molecule has 0 amide bonds. The van der Waals surface area contributed by atoms with Crippen LogP contribution in [0.5, 0.6) is 0 Å². The van der Waals surface area contributed by atoms with Gasteiger partial charge in [0.15, 0.2) is 0 Å². The van der Waals surface area contributed by atoms with Crippen LogP contribution in [0.2, 0.25) is 0 Å². The van der Waals surface area contributed by atoms with Crippen LogP contribution in [-0.4, -0.2) is 43.7 Å². The Morgan fingerprint density at radius 3 is 2.50 bits per heavy atom. The second-order valence-electron chi connectivity index (χ2n) is 5.65. The van der Waals surface area contributed by atoms with E-state index in [2.05, 4.69) is 14.6 Å². The molecule has 1 N–H and O–H groups in total. The van der Waals surface area contributed by atoms with E-state index >= 15 is 0 Å². The number of carbonyl (C=O) groups is 2. The number of pyridine rings is 1. The standard InChI is InChI=1S/C18H17N3O6S/c1-3-27-18(23)15-11-19-21-9-8-13(10-16(15)21)20-28(24,25)14-6-4-12(5-7-14)17(22)26-2/h4-11,20H,3H2,1-2H3. The molecule has 28 heavy (non-hydrogen) atoms. The topological polar surface area (TPSA) is 116 Å². The number of nitrogens with zero attached hydrogens (tertiary/aromatic N) is 2. The number of nitrogens with one attached hydrogen (secondary N) is 1. The Balaban J connectivity index is 1.89. The molecular formula is C18H17N3O6S. The van der Waals surface area contributed by atoms with Gasteiger partial charge in [0.05, 0.1) is 41.6 Å². The summed E-state index contributed by atoms with van der Waals surface area (Å²) in [6.07, 6.45) is 2.88. The monoisotopic (exact) mass is 403 g/mol. The second-order valence-corrected chi connectivity index (χ2v) is 7.33. The summed E-state index contributed by atoms with van der Waals surface area (Å²) in [6, 6.07) is 8.32. The van der Waals surface area contributed by atoms with Gasteiger partial charge in [-0.3, -0.25) is 4.72 Å². The number of hydrogen-bond acceptors (Lipinski definition) is 7. The predicted molar refractivity (Wildman–Crippen MR) is 99.7 cm³/mol. The third kappa shape index (κ3) is 3.81. The molecule has 0 saturated carbocycles. The molecule has 0 bridgehead atoms. The Labute approximate surface area is 160 Å². The van der Waals surface area contributed by atoms with Crippen molar-refractivity contribution in [1.29, 1.82) is 0 Å². The maximum atomic E-state index is 12.6. The molecule has 0 saturated heterocycles. The first kappa shape index (κ1) is 19.4. The maximum absolute atomic E-state index is 12.6. The molecule has 10 heteroatoms. The molecule has 1 aromatic carbocycles. The molecule has 3 aromatic rings. The number of esters is 2. The van der Waals surface area contributed by atoms with Gasteiger partial charge in [-0.25, -0.2) is 22.5 Å². The summed E-state index contributed by atoms with van der Waals surface area (Å²) < 4.78 is 38.7. The van der Waals surface area contributed by atoms with E-state index in [4.69, 9.17) is 4.74 Å². The molecule has 2 aromatic heterocycles. The lowest BCUT2D eigenvalue weighted by Gasteiger charge is -2.09. The second kappa shape index (κ2) is 7.69. The highest BCUT2D eigenvalue weighted by Crippen LogP contribution is 2.21. The lowest BCUT2D eigenvalue weighted by Crippen LogP contribution is -2.13. The molecule has 0 radical (unpaired) electrons. The fourth-order valence-corrected chi connectivity index (χ4v) is 3.56. The number of sulfonamides is 1. The summed E-state index contributed by atoms with van der Waals surface area (Å²) in [5.41, 5.74) is 1.11. The number of methoxy groups -OCH3 is 1. The lowest BCUT2D eigenvalue weighted by molar-refractivity contribution is 0.0527. The SMILES string of the molecule is CCOC(=O)c1cnn2ccc(NS(=O)(=O)c3ccc(C(=O)OC)cc3)cc12. The van der Waals surface area contributed by atoms with Crippen molar-refractivity contribution in [3.05, 3.63) is 59.9 Å². The van der Waals surface area contributed by atoms with E-state index < -0.39 is 22.0 Å². The first-order chi connectivity index (χ1) is 13.4. The highest BCUT2D eigenvalue weighted by atomic mass is 32.2. The maximum Gasteiger partial charge on any atom is 0.341 e. The molecule has 0 unspecified atom stereocenters. The van der Waals surface area contributed by atoms with Crippen LogP contribution in [0, 0.1) is 0 Å². The van der Waals surface area contributed by atoms with Crippen molar-refractivity contribution >= 4 is 33.2 Å². The van der Waals surface area contributed by atoms with Gasteiger partial charge in [0.1, 0.15) is 5.56 Å². The molecule has 0 aliphatic rings. The number of carbonyl (C=O) groups excluding carboxylic acids is 2. The molecule has 3 rings (SSSR count). The molecular weight excluding hydrogens is 386 g/mol. The minimum atomic E-state index is -3.91. The van der Waals surface area contributed by atoms with E-state index in [1.807, 2.05) is 0 Å². The van der Waals surface area contributed by atoms with Gasteiger partial charge in [-0.15, -0.1) is 0 Å². The van der Waals surface area contributed by atoms with E-state index in [9.17, 15) is 18.0 Å². The Hall–Kier alpha value is -3.40. The van der Waals surface area contributed by atoms with Gasteiger partial charge in [0, 0.05) is 6.20 Å². The molecule has 0 fully saturated rings. The number of fused-ring (bicyclic) bond motifs is 1. The van der Waals surface area contributed by atoms with Gasteiger partial charge in [-0.2, -0.15) is 5.10 Å². The summed E-state index contributed by atoms with van der Waals surface area (Å²) in [5, 5.41) is 4.05. The molecule has 0 atom stereocenters. The van der Waals surface area contributed by atoms with Crippen LogP contribution in [0.4, 0.5) is 5.69 Å². The smallest absolute Gasteiger partial charge is 0.341 e. The van der Waals surface area contributed by atoms with Crippen LogP contribution >= 0.6 is 0 Å².